The lowest BCUT2D eigenvalue weighted by molar-refractivity contribution is -0.193. The number of carbonyl (C=O) groups excluding carboxylic acids is 3. The molecule has 162 valence electrons. The molecule has 0 aliphatic carbocycles. The van der Waals surface area contributed by atoms with Crippen LogP contribution in [0.5, 0.6) is 5.75 Å². The molecule has 2 aromatic carbocycles. The second kappa shape index (κ2) is 8.57. The van der Waals surface area contributed by atoms with Crippen LogP contribution in [0.25, 0.3) is 0 Å². The molecule has 0 bridgehead atoms. The largest absolute Gasteiger partial charge is 0.490 e. The van der Waals surface area contributed by atoms with Crippen molar-refractivity contribution in [3.8, 4) is 5.75 Å². The molecule has 0 aromatic heterocycles. The first kappa shape index (κ1) is 22.0. The highest BCUT2D eigenvalue weighted by molar-refractivity contribution is 6.20. The molecular formula is C22H21NO8. The van der Waals surface area contributed by atoms with Crippen LogP contribution in [0.15, 0.2) is 48.5 Å². The second-order valence-electron chi connectivity index (χ2n) is 7.72. The third kappa shape index (κ3) is 5.07. The maximum atomic E-state index is 12.6. The van der Waals surface area contributed by atoms with Crippen molar-refractivity contribution in [1.82, 2.24) is 5.06 Å². The van der Waals surface area contributed by atoms with Crippen LogP contribution in [-0.2, 0) is 14.4 Å². The highest BCUT2D eigenvalue weighted by Gasteiger charge is 2.40. The molecule has 9 heteroatoms. The van der Waals surface area contributed by atoms with Crippen LogP contribution in [0.1, 0.15) is 51.8 Å². The fourth-order valence-electron chi connectivity index (χ4n) is 2.76. The number of hydrogen-bond acceptors (Lipinski definition) is 7. The van der Waals surface area contributed by atoms with Crippen molar-refractivity contribution in [3.63, 3.8) is 0 Å². The number of hydrogen-bond donors (Lipinski definition) is 1. The molecule has 31 heavy (non-hydrogen) atoms. The summed E-state index contributed by atoms with van der Waals surface area (Å²) in [5, 5.41) is 9.49. The number of carboxylic acid groups (broad SMARTS) is 1. The van der Waals surface area contributed by atoms with Crippen molar-refractivity contribution in [2.45, 2.75) is 32.5 Å². The fourth-order valence-corrected chi connectivity index (χ4v) is 2.76. The average Bonchev–Trinajstić information content (AvgIpc) is 2.94. The van der Waals surface area contributed by atoms with E-state index in [0.29, 0.717) is 5.06 Å². The van der Waals surface area contributed by atoms with Gasteiger partial charge in [0.2, 0.25) is 6.10 Å². The minimum Gasteiger partial charge on any atom is -0.490 e. The first-order valence-electron chi connectivity index (χ1n) is 9.40. The molecule has 0 saturated heterocycles. The summed E-state index contributed by atoms with van der Waals surface area (Å²) in [4.78, 5) is 54.2. The summed E-state index contributed by atoms with van der Waals surface area (Å²) in [6, 6.07) is 11.7. The Morgan fingerprint density at radius 3 is 2.00 bits per heavy atom. The number of carbonyl (C=O) groups is 4. The minimum absolute atomic E-state index is 0.0679. The summed E-state index contributed by atoms with van der Waals surface area (Å²) < 4.78 is 10.9. The van der Waals surface area contributed by atoms with Gasteiger partial charge in [0.25, 0.3) is 11.8 Å². The Morgan fingerprint density at radius 1 is 0.968 bits per heavy atom. The molecule has 1 aliphatic heterocycles. The van der Waals surface area contributed by atoms with Gasteiger partial charge in [-0.2, -0.15) is 0 Å². The summed E-state index contributed by atoms with van der Waals surface area (Å²) in [6.45, 7) is 4.61. The Morgan fingerprint density at radius 2 is 1.52 bits per heavy atom. The summed E-state index contributed by atoms with van der Waals surface area (Å²) in [5.74, 6) is -3.04. The van der Waals surface area contributed by atoms with Crippen LogP contribution in [0, 0.1) is 0 Å². The van der Waals surface area contributed by atoms with Crippen molar-refractivity contribution in [1.29, 1.82) is 0 Å². The molecular weight excluding hydrogens is 406 g/mol. The van der Waals surface area contributed by atoms with E-state index >= 15 is 0 Å². The van der Waals surface area contributed by atoms with Gasteiger partial charge in [-0.05, 0) is 57.2 Å². The molecule has 0 spiro atoms. The number of imide groups is 1. The third-order valence-electron chi connectivity index (χ3n) is 4.16. The van der Waals surface area contributed by atoms with Crippen molar-refractivity contribution < 1.29 is 38.6 Å². The third-order valence-corrected chi connectivity index (χ3v) is 4.16. The molecule has 0 radical (unpaired) electrons. The van der Waals surface area contributed by atoms with E-state index in [1.165, 1.54) is 36.4 Å². The van der Waals surface area contributed by atoms with Gasteiger partial charge in [0.05, 0.1) is 16.7 Å². The standard InChI is InChI=1S/C22H21NO8/c1-22(2,3)30-21(28)17(12-29-14-10-8-13(9-11-14)20(26)27)31-23-18(24)15-6-4-5-7-16(15)19(23)25/h4-11,17H,12H2,1-3H3,(H,26,27)/t17-/m0/s1. The van der Waals surface area contributed by atoms with Crippen LogP contribution in [0.4, 0.5) is 0 Å². The molecule has 2 aromatic rings. The monoisotopic (exact) mass is 427 g/mol. The molecule has 9 nitrogen and oxygen atoms in total. The SMILES string of the molecule is CC(C)(C)OC(=O)[C@H](COc1ccc(C(=O)O)cc1)ON1C(=O)c2ccccc2C1=O. The van der Waals surface area contributed by atoms with Gasteiger partial charge >= 0.3 is 11.9 Å². The Balaban J connectivity index is 1.77. The lowest BCUT2D eigenvalue weighted by Gasteiger charge is -2.26. The number of hydroxylamine groups is 2. The lowest BCUT2D eigenvalue weighted by Crippen LogP contribution is -2.43. The number of esters is 1. The van der Waals surface area contributed by atoms with Crippen LogP contribution in [0.3, 0.4) is 0 Å². The number of fused-ring (bicyclic) bond motifs is 1. The number of nitrogens with zero attached hydrogens (tertiary/aromatic N) is 1. The van der Waals surface area contributed by atoms with Gasteiger partial charge in [-0.15, -0.1) is 5.06 Å². The van der Waals surface area contributed by atoms with E-state index in [1.54, 1.807) is 32.9 Å². The maximum Gasteiger partial charge on any atom is 0.342 e. The summed E-state index contributed by atoms with van der Waals surface area (Å²) >= 11 is 0. The van der Waals surface area contributed by atoms with E-state index in [4.69, 9.17) is 19.4 Å². The van der Waals surface area contributed by atoms with Crippen LogP contribution >= 0.6 is 0 Å². The molecule has 1 N–H and O–H groups in total. The van der Waals surface area contributed by atoms with E-state index in [9.17, 15) is 19.2 Å². The zero-order valence-electron chi connectivity index (χ0n) is 17.2. The second-order valence-corrected chi connectivity index (χ2v) is 7.72. The average molecular weight is 427 g/mol. The summed E-state index contributed by atoms with van der Waals surface area (Å²) in [6.07, 6.45) is -1.43. The lowest BCUT2D eigenvalue weighted by atomic mass is 10.1. The quantitative estimate of drug-likeness (QED) is 0.529. The zero-order chi connectivity index (χ0) is 22.8. The van der Waals surface area contributed by atoms with Crippen LogP contribution in [-0.4, -0.2) is 52.2 Å². The molecule has 1 heterocycles. The van der Waals surface area contributed by atoms with Gasteiger partial charge < -0.3 is 14.6 Å². The maximum absolute atomic E-state index is 12.6. The molecule has 2 amide bonds. The molecule has 1 aliphatic rings. The molecule has 0 unspecified atom stereocenters. The molecule has 0 fully saturated rings. The highest BCUT2D eigenvalue weighted by Crippen LogP contribution is 2.24. The van der Waals surface area contributed by atoms with Gasteiger partial charge in [0.15, 0.2) is 0 Å². The van der Waals surface area contributed by atoms with Gasteiger partial charge in [-0.1, -0.05) is 12.1 Å². The minimum atomic E-state index is -1.43. The smallest absolute Gasteiger partial charge is 0.342 e. The molecule has 3 rings (SSSR count). The number of rotatable bonds is 7. The Hall–Kier alpha value is -3.72. The predicted molar refractivity (Wildman–Crippen MR) is 107 cm³/mol. The van der Waals surface area contributed by atoms with Crippen molar-refractivity contribution in [2.24, 2.45) is 0 Å². The van der Waals surface area contributed by atoms with Crippen molar-refractivity contribution in [2.75, 3.05) is 6.61 Å². The highest BCUT2D eigenvalue weighted by atomic mass is 16.7. The number of aromatic carboxylic acids is 1. The number of carboxylic acids is 1. The number of ether oxygens (including phenoxy) is 2. The van der Waals surface area contributed by atoms with E-state index in [0.717, 1.165) is 0 Å². The summed E-state index contributed by atoms with van der Waals surface area (Å²) in [5.41, 5.74) is -0.441. The normalized spacial score (nSPS) is 14.2. The number of benzene rings is 2. The Bertz CT molecular complexity index is 988. The van der Waals surface area contributed by atoms with Crippen molar-refractivity contribution >= 4 is 23.8 Å². The van der Waals surface area contributed by atoms with E-state index in [-0.39, 0.29) is 29.0 Å². The van der Waals surface area contributed by atoms with Crippen LogP contribution < -0.4 is 4.74 Å². The van der Waals surface area contributed by atoms with E-state index in [1.807, 2.05) is 0 Å². The first-order valence-corrected chi connectivity index (χ1v) is 9.40. The topological polar surface area (TPSA) is 119 Å². The molecule has 0 saturated carbocycles. The fraction of sp³-hybridized carbons (Fsp3) is 0.273. The van der Waals surface area contributed by atoms with Gasteiger partial charge in [0, 0.05) is 0 Å². The first-order chi connectivity index (χ1) is 14.6. The number of amides is 2. The molecule has 1 atom stereocenters. The predicted octanol–water partition coefficient (Wildman–Crippen LogP) is 2.70. The Kier molecular flexibility index (Phi) is 6.07. The van der Waals surface area contributed by atoms with Gasteiger partial charge in [-0.25, -0.2) is 14.4 Å². The van der Waals surface area contributed by atoms with Crippen molar-refractivity contribution in [3.05, 3.63) is 65.2 Å². The van der Waals surface area contributed by atoms with E-state index < -0.39 is 35.5 Å². The van der Waals surface area contributed by atoms with Gasteiger partial charge in [0.1, 0.15) is 18.0 Å². The zero-order valence-corrected chi connectivity index (χ0v) is 17.2. The Labute approximate surface area is 178 Å². The van der Waals surface area contributed by atoms with Gasteiger partial charge in [-0.3, -0.25) is 9.59 Å². The summed E-state index contributed by atoms with van der Waals surface area (Å²) in [7, 11) is 0. The van der Waals surface area contributed by atoms with Crippen LogP contribution in [0.2, 0.25) is 0 Å². The van der Waals surface area contributed by atoms with E-state index in [2.05, 4.69) is 0 Å².